The Morgan fingerprint density at radius 3 is 2.94 bits per heavy atom. The van der Waals surface area contributed by atoms with Gasteiger partial charge in [0.15, 0.2) is 0 Å². The van der Waals surface area contributed by atoms with Gasteiger partial charge in [0, 0.05) is 5.39 Å². The van der Waals surface area contributed by atoms with Gasteiger partial charge in [-0.05, 0) is 49.4 Å². The van der Waals surface area contributed by atoms with Crippen molar-refractivity contribution in [3.8, 4) is 5.75 Å². The topological polar surface area (TPSA) is 48.4 Å². The standard InChI is InChI=1S/C15H19NO2/c1-2-7-17-12-5-6-13-11(8-12)9-14(18-13)15(16)10-3-4-10/h5-6,8-10,15H,2-4,7,16H2,1H3. The van der Waals surface area contributed by atoms with Crippen molar-refractivity contribution in [1.29, 1.82) is 0 Å². The first-order valence-electron chi connectivity index (χ1n) is 6.70. The monoisotopic (exact) mass is 245 g/mol. The third-order valence-corrected chi connectivity index (χ3v) is 3.44. The smallest absolute Gasteiger partial charge is 0.134 e. The van der Waals surface area contributed by atoms with Gasteiger partial charge < -0.3 is 14.9 Å². The van der Waals surface area contributed by atoms with E-state index in [2.05, 4.69) is 13.0 Å². The van der Waals surface area contributed by atoms with E-state index in [1.807, 2.05) is 18.2 Å². The summed E-state index contributed by atoms with van der Waals surface area (Å²) in [4.78, 5) is 0. The van der Waals surface area contributed by atoms with Crippen molar-refractivity contribution in [2.45, 2.75) is 32.2 Å². The second kappa shape index (κ2) is 4.65. The molecule has 0 bridgehead atoms. The molecule has 1 aliphatic rings. The minimum Gasteiger partial charge on any atom is -0.494 e. The van der Waals surface area contributed by atoms with Crippen molar-refractivity contribution >= 4 is 11.0 Å². The molecular weight excluding hydrogens is 226 g/mol. The molecule has 3 heteroatoms. The maximum Gasteiger partial charge on any atom is 0.134 e. The molecule has 96 valence electrons. The third-order valence-electron chi connectivity index (χ3n) is 3.44. The van der Waals surface area contributed by atoms with E-state index in [9.17, 15) is 0 Å². The number of ether oxygens (including phenoxy) is 1. The van der Waals surface area contributed by atoms with Crippen LogP contribution in [0.5, 0.6) is 5.75 Å². The highest BCUT2D eigenvalue weighted by Crippen LogP contribution is 2.41. The summed E-state index contributed by atoms with van der Waals surface area (Å²) in [5.41, 5.74) is 7.05. The summed E-state index contributed by atoms with van der Waals surface area (Å²) in [6, 6.07) is 8.05. The van der Waals surface area contributed by atoms with Crippen LogP contribution in [0.15, 0.2) is 28.7 Å². The molecule has 1 heterocycles. The highest BCUT2D eigenvalue weighted by Gasteiger charge is 2.31. The summed E-state index contributed by atoms with van der Waals surface area (Å²) in [5.74, 6) is 2.42. The molecule has 0 spiro atoms. The minimum absolute atomic E-state index is 0.0532. The van der Waals surface area contributed by atoms with Gasteiger partial charge in [0.1, 0.15) is 17.1 Å². The molecule has 0 aliphatic heterocycles. The highest BCUT2D eigenvalue weighted by atomic mass is 16.5. The molecule has 1 atom stereocenters. The van der Waals surface area contributed by atoms with E-state index in [0.29, 0.717) is 5.92 Å². The van der Waals surface area contributed by atoms with E-state index in [0.717, 1.165) is 35.5 Å². The van der Waals surface area contributed by atoms with E-state index >= 15 is 0 Å². The van der Waals surface area contributed by atoms with Crippen molar-refractivity contribution in [3.05, 3.63) is 30.0 Å². The predicted octanol–water partition coefficient (Wildman–Crippen LogP) is 3.63. The Hall–Kier alpha value is -1.48. The maximum absolute atomic E-state index is 6.16. The largest absolute Gasteiger partial charge is 0.494 e. The fourth-order valence-corrected chi connectivity index (χ4v) is 2.20. The van der Waals surface area contributed by atoms with Gasteiger partial charge in [-0.3, -0.25) is 0 Å². The number of benzene rings is 1. The molecule has 18 heavy (non-hydrogen) atoms. The molecule has 2 N–H and O–H groups in total. The Kier molecular flexibility index (Phi) is 3.00. The summed E-state index contributed by atoms with van der Waals surface area (Å²) >= 11 is 0. The summed E-state index contributed by atoms with van der Waals surface area (Å²) < 4.78 is 11.4. The number of hydrogen-bond acceptors (Lipinski definition) is 3. The van der Waals surface area contributed by atoms with Crippen molar-refractivity contribution in [2.75, 3.05) is 6.61 Å². The number of hydrogen-bond donors (Lipinski definition) is 1. The number of furan rings is 1. The summed E-state index contributed by atoms with van der Waals surface area (Å²) in [6.07, 6.45) is 3.47. The fourth-order valence-electron chi connectivity index (χ4n) is 2.20. The molecule has 1 saturated carbocycles. The molecule has 0 amide bonds. The number of nitrogens with two attached hydrogens (primary N) is 1. The van der Waals surface area contributed by atoms with Crippen LogP contribution in [0.25, 0.3) is 11.0 Å². The summed E-state index contributed by atoms with van der Waals surface area (Å²) in [6.45, 7) is 2.85. The van der Waals surface area contributed by atoms with Gasteiger partial charge in [-0.15, -0.1) is 0 Å². The van der Waals surface area contributed by atoms with Gasteiger partial charge >= 0.3 is 0 Å². The molecular formula is C15H19NO2. The van der Waals surface area contributed by atoms with Crippen LogP contribution in [-0.2, 0) is 0 Å². The molecule has 3 rings (SSSR count). The van der Waals surface area contributed by atoms with Gasteiger partial charge in [-0.2, -0.15) is 0 Å². The molecule has 0 radical (unpaired) electrons. The van der Waals surface area contributed by atoms with E-state index in [1.165, 1.54) is 12.8 Å². The van der Waals surface area contributed by atoms with Crippen LogP contribution < -0.4 is 10.5 Å². The Bertz CT molecular complexity index is 542. The second-order valence-corrected chi connectivity index (χ2v) is 5.06. The Morgan fingerprint density at radius 1 is 1.39 bits per heavy atom. The normalized spacial score (nSPS) is 17.0. The van der Waals surface area contributed by atoms with E-state index < -0.39 is 0 Å². The van der Waals surface area contributed by atoms with Gasteiger partial charge in [-0.25, -0.2) is 0 Å². The average Bonchev–Trinajstić information content (AvgIpc) is 3.14. The number of rotatable bonds is 5. The Balaban J connectivity index is 1.86. The Morgan fingerprint density at radius 2 is 2.22 bits per heavy atom. The molecule has 0 saturated heterocycles. The molecule has 1 aromatic carbocycles. The van der Waals surface area contributed by atoms with Crippen LogP contribution in [-0.4, -0.2) is 6.61 Å². The van der Waals surface area contributed by atoms with Crippen LogP contribution >= 0.6 is 0 Å². The van der Waals surface area contributed by atoms with Crippen LogP contribution in [0.2, 0.25) is 0 Å². The zero-order chi connectivity index (χ0) is 12.5. The maximum atomic E-state index is 6.16. The highest BCUT2D eigenvalue weighted by molar-refractivity contribution is 5.79. The first-order chi connectivity index (χ1) is 8.78. The molecule has 1 aliphatic carbocycles. The second-order valence-electron chi connectivity index (χ2n) is 5.06. The van der Waals surface area contributed by atoms with Crippen LogP contribution in [0.3, 0.4) is 0 Å². The van der Waals surface area contributed by atoms with Crippen LogP contribution in [0.4, 0.5) is 0 Å². The van der Waals surface area contributed by atoms with Gasteiger partial charge in [0.05, 0.1) is 12.6 Å². The average molecular weight is 245 g/mol. The zero-order valence-corrected chi connectivity index (χ0v) is 10.7. The minimum atomic E-state index is 0.0532. The van der Waals surface area contributed by atoms with E-state index in [4.69, 9.17) is 14.9 Å². The third kappa shape index (κ3) is 2.23. The number of fused-ring (bicyclic) bond motifs is 1. The van der Waals surface area contributed by atoms with E-state index in [1.54, 1.807) is 0 Å². The quantitative estimate of drug-likeness (QED) is 0.875. The van der Waals surface area contributed by atoms with Gasteiger partial charge in [-0.1, -0.05) is 6.92 Å². The summed E-state index contributed by atoms with van der Waals surface area (Å²) in [7, 11) is 0. The lowest BCUT2D eigenvalue weighted by Crippen LogP contribution is -2.10. The van der Waals surface area contributed by atoms with E-state index in [-0.39, 0.29) is 6.04 Å². The van der Waals surface area contributed by atoms with Crippen molar-refractivity contribution in [3.63, 3.8) is 0 Å². The zero-order valence-electron chi connectivity index (χ0n) is 10.7. The molecule has 3 nitrogen and oxygen atoms in total. The van der Waals surface area contributed by atoms with Crippen molar-refractivity contribution < 1.29 is 9.15 Å². The predicted molar refractivity (Wildman–Crippen MR) is 71.7 cm³/mol. The van der Waals surface area contributed by atoms with Gasteiger partial charge in [0.2, 0.25) is 0 Å². The Labute approximate surface area is 107 Å². The van der Waals surface area contributed by atoms with Gasteiger partial charge in [0.25, 0.3) is 0 Å². The first kappa shape index (κ1) is 11.6. The lowest BCUT2D eigenvalue weighted by molar-refractivity contribution is 0.318. The van der Waals surface area contributed by atoms with Crippen molar-refractivity contribution in [1.82, 2.24) is 0 Å². The summed E-state index contributed by atoms with van der Waals surface area (Å²) in [5, 5.41) is 1.08. The van der Waals surface area contributed by atoms with Crippen molar-refractivity contribution in [2.24, 2.45) is 11.7 Å². The molecule has 2 aromatic rings. The SMILES string of the molecule is CCCOc1ccc2oc(C(N)C3CC3)cc2c1. The lowest BCUT2D eigenvalue weighted by Gasteiger charge is -2.04. The lowest BCUT2D eigenvalue weighted by atomic mass is 10.1. The fraction of sp³-hybridized carbons (Fsp3) is 0.467. The first-order valence-corrected chi connectivity index (χ1v) is 6.70. The van der Waals surface area contributed by atoms with Crippen LogP contribution in [0, 0.1) is 5.92 Å². The molecule has 1 unspecified atom stereocenters. The van der Waals surface area contributed by atoms with Crippen LogP contribution in [0.1, 0.15) is 38.0 Å². The molecule has 1 aromatic heterocycles. The molecule has 1 fully saturated rings.